The third-order valence-corrected chi connectivity index (χ3v) is 4.64. The standard InChI is InChI=1S/C15H21FN2/c1-18-13-6-7-14(18)9-12(8-13)17-10-11-4-2-3-5-15(11)16/h2-5,12-14,17H,6-10H2,1H3. The summed E-state index contributed by atoms with van der Waals surface area (Å²) >= 11 is 0. The second-order valence-electron chi connectivity index (χ2n) is 5.69. The predicted molar refractivity (Wildman–Crippen MR) is 70.8 cm³/mol. The summed E-state index contributed by atoms with van der Waals surface area (Å²) in [5.41, 5.74) is 0.781. The van der Waals surface area contributed by atoms with Gasteiger partial charge in [0.25, 0.3) is 0 Å². The lowest BCUT2D eigenvalue weighted by Crippen LogP contribution is -2.47. The fourth-order valence-corrected chi connectivity index (χ4v) is 3.47. The highest BCUT2D eigenvalue weighted by molar-refractivity contribution is 5.17. The van der Waals surface area contributed by atoms with Crippen LogP contribution in [0.5, 0.6) is 0 Å². The van der Waals surface area contributed by atoms with E-state index >= 15 is 0 Å². The molecule has 2 aliphatic heterocycles. The van der Waals surface area contributed by atoms with Gasteiger partial charge >= 0.3 is 0 Å². The van der Waals surface area contributed by atoms with Crippen LogP contribution in [0.3, 0.4) is 0 Å². The number of piperidine rings is 1. The van der Waals surface area contributed by atoms with Crippen molar-refractivity contribution in [2.45, 2.75) is 50.4 Å². The fraction of sp³-hybridized carbons (Fsp3) is 0.600. The Bertz CT molecular complexity index is 407. The Morgan fingerprint density at radius 3 is 2.56 bits per heavy atom. The zero-order chi connectivity index (χ0) is 12.5. The van der Waals surface area contributed by atoms with Gasteiger partial charge in [0.15, 0.2) is 0 Å². The molecule has 2 heterocycles. The summed E-state index contributed by atoms with van der Waals surface area (Å²) in [6.07, 6.45) is 5.08. The molecule has 3 rings (SSSR count). The smallest absolute Gasteiger partial charge is 0.127 e. The Morgan fingerprint density at radius 2 is 1.89 bits per heavy atom. The van der Waals surface area contributed by atoms with E-state index in [9.17, 15) is 4.39 Å². The lowest BCUT2D eigenvalue weighted by atomic mass is 9.98. The van der Waals surface area contributed by atoms with Crippen LogP contribution in [0.25, 0.3) is 0 Å². The van der Waals surface area contributed by atoms with Crippen molar-refractivity contribution in [1.29, 1.82) is 0 Å². The number of rotatable bonds is 3. The monoisotopic (exact) mass is 248 g/mol. The van der Waals surface area contributed by atoms with Crippen molar-refractivity contribution in [2.24, 2.45) is 0 Å². The van der Waals surface area contributed by atoms with Gasteiger partial charge in [-0.2, -0.15) is 0 Å². The minimum Gasteiger partial charge on any atom is -0.310 e. The van der Waals surface area contributed by atoms with Gasteiger partial charge in [-0.1, -0.05) is 18.2 Å². The first-order valence-electron chi connectivity index (χ1n) is 6.93. The van der Waals surface area contributed by atoms with Crippen LogP contribution < -0.4 is 5.32 Å². The molecule has 1 N–H and O–H groups in total. The molecule has 0 aliphatic carbocycles. The van der Waals surface area contributed by atoms with Gasteiger partial charge in [0.2, 0.25) is 0 Å². The van der Waals surface area contributed by atoms with Gasteiger partial charge in [0.1, 0.15) is 5.82 Å². The highest BCUT2D eigenvalue weighted by Crippen LogP contribution is 2.34. The quantitative estimate of drug-likeness (QED) is 0.884. The summed E-state index contributed by atoms with van der Waals surface area (Å²) in [7, 11) is 2.25. The number of nitrogens with one attached hydrogen (secondary N) is 1. The molecule has 0 radical (unpaired) electrons. The summed E-state index contributed by atoms with van der Waals surface area (Å²) in [5, 5.41) is 3.53. The molecule has 1 aromatic rings. The van der Waals surface area contributed by atoms with E-state index in [1.165, 1.54) is 31.7 Å². The second kappa shape index (κ2) is 4.98. The van der Waals surface area contributed by atoms with Gasteiger partial charge in [-0.3, -0.25) is 0 Å². The maximum Gasteiger partial charge on any atom is 0.127 e. The van der Waals surface area contributed by atoms with Crippen LogP contribution in [0.2, 0.25) is 0 Å². The third kappa shape index (κ3) is 2.29. The molecular formula is C15H21FN2. The molecule has 3 heteroatoms. The zero-order valence-electron chi connectivity index (χ0n) is 10.9. The molecule has 2 fully saturated rings. The Labute approximate surface area is 108 Å². The van der Waals surface area contributed by atoms with Crippen LogP contribution in [0.1, 0.15) is 31.2 Å². The topological polar surface area (TPSA) is 15.3 Å². The number of nitrogens with zero attached hydrogens (tertiary/aromatic N) is 1. The number of hydrogen-bond donors (Lipinski definition) is 1. The molecule has 2 atom stereocenters. The van der Waals surface area contributed by atoms with Gasteiger partial charge in [0, 0.05) is 30.2 Å². The van der Waals surface area contributed by atoms with Crippen LogP contribution in [0, 0.1) is 5.82 Å². The Balaban J connectivity index is 1.57. The first kappa shape index (κ1) is 12.1. The predicted octanol–water partition coefficient (Wildman–Crippen LogP) is 2.54. The fourth-order valence-electron chi connectivity index (χ4n) is 3.47. The number of fused-ring (bicyclic) bond motifs is 2. The lowest BCUT2D eigenvalue weighted by Gasteiger charge is -2.36. The van der Waals surface area contributed by atoms with Crippen molar-refractivity contribution < 1.29 is 4.39 Å². The van der Waals surface area contributed by atoms with Crippen LogP contribution in [-0.4, -0.2) is 30.1 Å². The summed E-state index contributed by atoms with van der Waals surface area (Å²) < 4.78 is 13.5. The van der Waals surface area contributed by atoms with Crippen LogP contribution >= 0.6 is 0 Å². The lowest BCUT2D eigenvalue weighted by molar-refractivity contribution is 0.148. The summed E-state index contributed by atoms with van der Waals surface area (Å²) in [5.74, 6) is -0.0964. The molecule has 0 saturated carbocycles. The first-order chi connectivity index (χ1) is 8.74. The van der Waals surface area contributed by atoms with Crippen molar-refractivity contribution in [2.75, 3.05) is 7.05 Å². The number of benzene rings is 1. The van der Waals surface area contributed by atoms with Crippen molar-refractivity contribution in [3.8, 4) is 0 Å². The van der Waals surface area contributed by atoms with E-state index in [0.717, 1.165) is 17.6 Å². The molecule has 1 aromatic carbocycles. The van der Waals surface area contributed by atoms with E-state index < -0.39 is 0 Å². The summed E-state index contributed by atoms with van der Waals surface area (Å²) in [4.78, 5) is 2.53. The van der Waals surface area contributed by atoms with E-state index in [2.05, 4.69) is 17.3 Å². The largest absolute Gasteiger partial charge is 0.310 e. The molecule has 2 saturated heterocycles. The molecule has 2 bridgehead atoms. The Morgan fingerprint density at radius 1 is 1.22 bits per heavy atom. The summed E-state index contributed by atoms with van der Waals surface area (Å²) in [6.45, 7) is 0.653. The first-order valence-corrected chi connectivity index (χ1v) is 6.93. The average Bonchev–Trinajstić information content (AvgIpc) is 2.62. The van der Waals surface area contributed by atoms with Crippen molar-refractivity contribution in [3.05, 3.63) is 35.6 Å². The highest BCUT2D eigenvalue weighted by atomic mass is 19.1. The molecule has 98 valence electrons. The van der Waals surface area contributed by atoms with Gasteiger partial charge in [-0.05, 0) is 38.8 Å². The van der Waals surface area contributed by atoms with Gasteiger partial charge < -0.3 is 10.2 Å². The third-order valence-electron chi connectivity index (χ3n) is 4.64. The average molecular weight is 248 g/mol. The molecule has 0 aromatic heterocycles. The SMILES string of the molecule is CN1C2CCC1CC(NCc1ccccc1F)C2. The molecule has 2 nitrogen and oxygen atoms in total. The van der Waals surface area contributed by atoms with Gasteiger partial charge in [-0.25, -0.2) is 4.39 Å². The molecule has 0 amide bonds. The van der Waals surface area contributed by atoms with Crippen molar-refractivity contribution >= 4 is 0 Å². The van der Waals surface area contributed by atoms with E-state index in [1.807, 2.05) is 12.1 Å². The van der Waals surface area contributed by atoms with Crippen LogP contribution in [0.15, 0.2) is 24.3 Å². The van der Waals surface area contributed by atoms with Crippen LogP contribution in [0.4, 0.5) is 4.39 Å². The molecule has 2 unspecified atom stereocenters. The zero-order valence-corrected chi connectivity index (χ0v) is 10.9. The van der Waals surface area contributed by atoms with Crippen molar-refractivity contribution in [1.82, 2.24) is 10.2 Å². The van der Waals surface area contributed by atoms with E-state index in [4.69, 9.17) is 0 Å². The maximum atomic E-state index is 13.5. The van der Waals surface area contributed by atoms with Gasteiger partial charge in [0.05, 0.1) is 0 Å². The van der Waals surface area contributed by atoms with E-state index in [-0.39, 0.29) is 5.82 Å². The molecule has 0 spiro atoms. The normalized spacial score (nSPS) is 31.8. The van der Waals surface area contributed by atoms with Crippen molar-refractivity contribution in [3.63, 3.8) is 0 Å². The summed E-state index contributed by atoms with van der Waals surface area (Å²) in [6, 6.07) is 9.08. The Kier molecular flexibility index (Phi) is 3.35. The number of hydrogen-bond acceptors (Lipinski definition) is 2. The minimum atomic E-state index is -0.0964. The highest BCUT2D eigenvalue weighted by Gasteiger charge is 2.37. The minimum absolute atomic E-state index is 0.0964. The second-order valence-corrected chi connectivity index (χ2v) is 5.69. The van der Waals surface area contributed by atoms with E-state index in [1.54, 1.807) is 6.07 Å². The van der Waals surface area contributed by atoms with Crippen LogP contribution in [-0.2, 0) is 6.54 Å². The molecule has 2 aliphatic rings. The molecule has 18 heavy (non-hydrogen) atoms. The van der Waals surface area contributed by atoms with E-state index in [0.29, 0.717) is 12.6 Å². The Hall–Kier alpha value is -0.930. The maximum absolute atomic E-state index is 13.5. The molecular weight excluding hydrogens is 227 g/mol. The van der Waals surface area contributed by atoms with Gasteiger partial charge in [-0.15, -0.1) is 0 Å². The number of halogens is 1.